The quantitative estimate of drug-likeness (QED) is 0.214. The molecule has 6 nitrogen and oxygen atoms in total. The molecular weight excluding hydrogens is 528 g/mol. The predicted octanol–water partition coefficient (Wildman–Crippen LogP) is 5.99. The van der Waals surface area contributed by atoms with E-state index in [4.69, 9.17) is 21.7 Å². The Morgan fingerprint density at radius 1 is 0.886 bits per heavy atom. The first kappa shape index (κ1) is 24.6. The molecule has 0 aromatic heterocycles. The molecule has 1 saturated heterocycles. The Hall–Kier alpha value is -3.49. The van der Waals surface area contributed by atoms with Crippen LogP contribution in [0.3, 0.4) is 0 Å². The van der Waals surface area contributed by atoms with Crippen molar-refractivity contribution in [3.8, 4) is 11.5 Å². The third kappa shape index (κ3) is 4.99. The number of ether oxygens (including phenoxy) is 2. The molecule has 3 aromatic carbocycles. The Kier molecular flexibility index (Phi) is 7.33. The van der Waals surface area contributed by atoms with E-state index in [9.17, 15) is 9.59 Å². The standard InChI is InChI=1S/C27H23BrN2O4S/c1-17(2)34-24-22(28)15-18(16-23(24)33-3)14-21-25(31)29(19-10-6-4-7-11-19)27(35)30(26(21)32)20-12-8-5-9-13-20/h4-17H,1-3H3. The summed E-state index contributed by atoms with van der Waals surface area (Å²) in [5.74, 6) is 0.0156. The molecule has 0 spiro atoms. The Morgan fingerprint density at radius 3 is 1.86 bits per heavy atom. The first-order valence-electron chi connectivity index (χ1n) is 10.9. The van der Waals surface area contributed by atoms with Gasteiger partial charge in [0.15, 0.2) is 16.6 Å². The van der Waals surface area contributed by atoms with E-state index in [1.807, 2.05) is 50.2 Å². The first-order chi connectivity index (χ1) is 16.8. The number of methoxy groups -OCH3 is 1. The minimum Gasteiger partial charge on any atom is -0.493 e. The van der Waals surface area contributed by atoms with Gasteiger partial charge in [-0.3, -0.25) is 19.4 Å². The molecule has 8 heteroatoms. The number of carbonyl (C=O) groups is 2. The normalized spacial score (nSPS) is 14.0. The van der Waals surface area contributed by atoms with Crippen molar-refractivity contribution in [3.05, 3.63) is 88.4 Å². The highest BCUT2D eigenvalue weighted by molar-refractivity contribution is 9.10. The van der Waals surface area contributed by atoms with E-state index in [-0.39, 0.29) is 16.8 Å². The summed E-state index contributed by atoms with van der Waals surface area (Å²) in [5.41, 5.74) is 1.70. The molecule has 2 amide bonds. The van der Waals surface area contributed by atoms with Gasteiger partial charge in [-0.15, -0.1) is 0 Å². The summed E-state index contributed by atoms with van der Waals surface area (Å²) >= 11 is 9.16. The van der Waals surface area contributed by atoms with Crippen molar-refractivity contribution in [1.29, 1.82) is 0 Å². The van der Waals surface area contributed by atoms with E-state index >= 15 is 0 Å². The molecule has 1 heterocycles. The molecule has 0 aliphatic carbocycles. The highest BCUT2D eigenvalue weighted by Crippen LogP contribution is 2.38. The highest BCUT2D eigenvalue weighted by Gasteiger charge is 2.41. The lowest BCUT2D eigenvalue weighted by molar-refractivity contribution is -0.120. The summed E-state index contributed by atoms with van der Waals surface area (Å²) in [4.78, 5) is 30.0. The minimum absolute atomic E-state index is 0.0298. The van der Waals surface area contributed by atoms with Crippen molar-refractivity contribution >= 4 is 62.5 Å². The van der Waals surface area contributed by atoms with Crippen LogP contribution in [-0.2, 0) is 9.59 Å². The number of anilines is 2. The van der Waals surface area contributed by atoms with E-state index in [0.29, 0.717) is 32.9 Å². The van der Waals surface area contributed by atoms with Crippen LogP contribution >= 0.6 is 28.1 Å². The van der Waals surface area contributed by atoms with Gasteiger partial charge >= 0.3 is 0 Å². The molecule has 0 radical (unpaired) electrons. The SMILES string of the molecule is COc1cc(C=C2C(=O)N(c3ccccc3)C(=S)N(c3ccccc3)C2=O)cc(Br)c1OC(C)C. The van der Waals surface area contributed by atoms with Crippen LogP contribution in [0, 0.1) is 0 Å². The third-order valence-electron chi connectivity index (χ3n) is 5.19. The van der Waals surface area contributed by atoms with Gasteiger partial charge in [0.05, 0.1) is 29.1 Å². The molecular formula is C27H23BrN2O4S. The maximum Gasteiger partial charge on any atom is 0.270 e. The van der Waals surface area contributed by atoms with Crippen LogP contribution in [0.4, 0.5) is 11.4 Å². The zero-order valence-corrected chi connectivity index (χ0v) is 21.8. The van der Waals surface area contributed by atoms with Gasteiger partial charge in [0, 0.05) is 0 Å². The lowest BCUT2D eigenvalue weighted by Crippen LogP contribution is -2.56. The molecule has 35 heavy (non-hydrogen) atoms. The Bertz CT molecular complexity index is 1250. The first-order valence-corrected chi connectivity index (χ1v) is 12.1. The predicted molar refractivity (Wildman–Crippen MR) is 145 cm³/mol. The van der Waals surface area contributed by atoms with Crippen LogP contribution in [0.1, 0.15) is 19.4 Å². The Balaban J connectivity index is 1.85. The topological polar surface area (TPSA) is 59.1 Å². The van der Waals surface area contributed by atoms with Gasteiger partial charge in [-0.2, -0.15) is 0 Å². The second-order valence-corrected chi connectivity index (χ2v) is 9.21. The maximum atomic E-state index is 13.6. The summed E-state index contributed by atoms with van der Waals surface area (Å²) in [5, 5.41) is 0.0917. The van der Waals surface area contributed by atoms with Crippen LogP contribution in [0.25, 0.3) is 6.08 Å². The molecule has 0 unspecified atom stereocenters. The van der Waals surface area contributed by atoms with Crippen molar-refractivity contribution in [2.24, 2.45) is 0 Å². The molecule has 0 atom stereocenters. The maximum absolute atomic E-state index is 13.6. The summed E-state index contributed by atoms with van der Waals surface area (Å²) < 4.78 is 12.0. The Labute approximate surface area is 217 Å². The lowest BCUT2D eigenvalue weighted by atomic mass is 10.0. The zero-order valence-electron chi connectivity index (χ0n) is 19.4. The smallest absolute Gasteiger partial charge is 0.270 e. The van der Waals surface area contributed by atoms with Crippen LogP contribution in [0.15, 0.2) is 82.8 Å². The second-order valence-electron chi connectivity index (χ2n) is 7.99. The number of nitrogens with zero attached hydrogens (tertiary/aromatic N) is 2. The van der Waals surface area contributed by atoms with Gasteiger partial charge in [0.25, 0.3) is 11.8 Å². The van der Waals surface area contributed by atoms with E-state index < -0.39 is 11.8 Å². The number of hydrogen-bond donors (Lipinski definition) is 0. The van der Waals surface area contributed by atoms with Crippen molar-refractivity contribution in [1.82, 2.24) is 0 Å². The van der Waals surface area contributed by atoms with E-state index in [1.165, 1.54) is 16.9 Å². The van der Waals surface area contributed by atoms with E-state index in [2.05, 4.69) is 15.9 Å². The molecule has 3 aromatic rings. The highest BCUT2D eigenvalue weighted by atomic mass is 79.9. The fourth-order valence-electron chi connectivity index (χ4n) is 3.68. The largest absolute Gasteiger partial charge is 0.493 e. The second kappa shape index (κ2) is 10.4. The number of amides is 2. The summed E-state index contributed by atoms with van der Waals surface area (Å²) in [6, 6.07) is 21.6. The Morgan fingerprint density at radius 2 is 1.40 bits per heavy atom. The average molecular weight is 551 g/mol. The van der Waals surface area contributed by atoms with E-state index in [0.717, 1.165) is 0 Å². The number of carbonyl (C=O) groups excluding carboxylic acids is 2. The van der Waals surface area contributed by atoms with Crippen molar-refractivity contribution in [2.45, 2.75) is 20.0 Å². The van der Waals surface area contributed by atoms with Crippen LogP contribution < -0.4 is 19.3 Å². The average Bonchev–Trinajstić information content (AvgIpc) is 2.84. The van der Waals surface area contributed by atoms with Gasteiger partial charge in [-0.25, -0.2) is 0 Å². The van der Waals surface area contributed by atoms with Crippen LogP contribution in [0.5, 0.6) is 11.5 Å². The number of thiocarbonyl (C=S) groups is 1. The van der Waals surface area contributed by atoms with Gasteiger partial charge in [-0.1, -0.05) is 36.4 Å². The van der Waals surface area contributed by atoms with Crippen molar-refractivity contribution in [2.75, 3.05) is 16.9 Å². The molecule has 1 aliphatic rings. The fourth-order valence-corrected chi connectivity index (χ4v) is 4.61. The molecule has 4 rings (SSSR count). The summed E-state index contributed by atoms with van der Waals surface area (Å²) in [6.07, 6.45) is 1.48. The monoisotopic (exact) mass is 550 g/mol. The van der Waals surface area contributed by atoms with Gasteiger partial charge in [0.1, 0.15) is 5.57 Å². The van der Waals surface area contributed by atoms with Gasteiger partial charge < -0.3 is 9.47 Å². The molecule has 1 fully saturated rings. The van der Waals surface area contributed by atoms with Crippen molar-refractivity contribution in [3.63, 3.8) is 0 Å². The number of halogens is 1. The fraction of sp³-hybridized carbons (Fsp3) is 0.148. The molecule has 1 aliphatic heterocycles. The van der Waals surface area contributed by atoms with E-state index in [1.54, 1.807) is 42.5 Å². The molecule has 0 N–H and O–H groups in total. The summed E-state index contributed by atoms with van der Waals surface area (Å²) in [6.45, 7) is 3.83. The third-order valence-corrected chi connectivity index (χ3v) is 6.15. The van der Waals surface area contributed by atoms with Crippen LogP contribution in [-0.4, -0.2) is 30.1 Å². The van der Waals surface area contributed by atoms with Gasteiger partial charge in [-0.05, 0) is 90.0 Å². The van der Waals surface area contributed by atoms with Crippen LogP contribution in [0.2, 0.25) is 0 Å². The number of benzene rings is 3. The lowest BCUT2D eigenvalue weighted by Gasteiger charge is -2.36. The number of rotatable bonds is 6. The summed E-state index contributed by atoms with van der Waals surface area (Å²) in [7, 11) is 1.54. The zero-order chi connectivity index (χ0) is 25.1. The molecule has 178 valence electrons. The number of hydrogen-bond acceptors (Lipinski definition) is 5. The van der Waals surface area contributed by atoms with Gasteiger partial charge in [0.2, 0.25) is 0 Å². The molecule has 0 bridgehead atoms. The minimum atomic E-state index is -0.504. The van der Waals surface area contributed by atoms with Crippen molar-refractivity contribution < 1.29 is 19.1 Å². The number of para-hydroxylation sites is 2. The molecule has 0 saturated carbocycles.